The number of aldehydes is 1. The predicted molar refractivity (Wildman–Crippen MR) is 137 cm³/mol. The molecule has 1 aromatic heterocycles. The second kappa shape index (κ2) is 9.50. The van der Waals surface area contributed by atoms with E-state index in [0.717, 1.165) is 33.9 Å². The van der Waals surface area contributed by atoms with Gasteiger partial charge in [0.25, 0.3) is 0 Å². The van der Waals surface area contributed by atoms with Gasteiger partial charge in [-0.2, -0.15) is 0 Å². The third kappa shape index (κ3) is 5.05. The van der Waals surface area contributed by atoms with E-state index in [1.807, 2.05) is 61.2 Å². The SMILES string of the molecule is Cc1cc(C=C(C=O)c2cc3ccccc3nc2N2CCC(O)C2)cc(C)c1OC(C)(C)C(=O)O. The summed E-state index contributed by atoms with van der Waals surface area (Å²) < 4.78 is 5.81. The highest BCUT2D eigenvalue weighted by Crippen LogP contribution is 2.34. The Morgan fingerprint density at radius 1 is 1.17 bits per heavy atom. The van der Waals surface area contributed by atoms with E-state index in [0.29, 0.717) is 42.2 Å². The lowest BCUT2D eigenvalue weighted by Gasteiger charge is -2.24. The number of aliphatic carboxylic acids is 1. The molecule has 182 valence electrons. The number of hydrogen-bond acceptors (Lipinski definition) is 6. The first-order valence-electron chi connectivity index (χ1n) is 11.6. The number of aromatic nitrogens is 1. The first-order chi connectivity index (χ1) is 16.6. The minimum absolute atomic E-state index is 0.423. The topological polar surface area (TPSA) is 100.0 Å². The number of carbonyl (C=O) groups is 2. The number of allylic oxidation sites excluding steroid dienone is 1. The third-order valence-electron chi connectivity index (χ3n) is 6.28. The highest BCUT2D eigenvalue weighted by Gasteiger charge is 2.30. The fraction of sp³-hybridized carbons (Fsp3) is 0.321. The molecule has 0 saturated carbocycles. The standard InChI is InChI=1S/C28H30N2O5/c1-17-11-19(12-18(2)25(17)35-28(3,4)27(33)34)13-21(16-31)23-14-20-7-5-6-8-24(20)29-26(23)30-10-9-22(32)15-30/h5-8,11-14,16,22,32H,9-10,15H2,1-4H3,(H,33,34). The van der Waals surface area contributed by atoms with E-state index in [9.17, 15) is 19.8 Å². The number of benzene rings is 2. The molecular formula is C28H30N2O5. The fourth-order valence-electron chi connectivity index (χ4n) is 4.38. The summed E-state index contributed by atoms with van der Waals surface area (Å²) in [5.41, 5.74) is 2.97. The maximum absolute atomic E-state index is 12.3. The molecule has 0 radical (unpaired) electrons. The quantitative estimate of drug-likeness (QED) is 0.387. The molecule has 0 amide bonds. The molecule has 1 fully saturated rings. The number of carboxylic acids is 1. The van der Waals surface area contributed by atoms with Crippen LogP contribution in [0.25, 0.3) is 22.6 Å². The maximum atomic E-state index is 12.3. The maximum Gasteiger partial charge on any atom is 0.347 e. The number of nitrogens with zero attached hydrogens (tertiary/aromatic N) is 2. The summed E-state index contributed by atoms with van der Waals surface area (Å²) in [6.07, 6.45) is 2.86. The van der Waals surface area contributed by atoms with Gasteiger partial charge in [-0.05, 0) is 81.1 Å². The summed E-state index contributed by atoms with van der Waals surface area (Å²) in [6, 6.07) is 13.5. The van der Waals surface area contributed by atoms with Crippen LogP contribution in [0.5, 0.6) is 5.75 Å². The number of aryl methyl sites for hydroxylation is 2. The number of pyridine rings is 1. The van der Waals surface area contributed by atoms with Crippen LogP contribution in [-0.4, -0.2) is 52.2 Å². The number of carboxylic acid groups (broad SMARTS) is 1. The lowest BCUT2D eigenvalue weighted by atomic mass is 9.99. The van der Waals surface area contributed by atoms with E-state index in [1.165, 1.54) is 13.8 Å². The second-order valence-electron chi connectivity index (χ2n) is 9.56. The van der Waals surface area contributed by atoms with Gasteiger partial charge < -0.3 is 19.8 Å². The van der Waals surface area contributed by atoms with Crippen molar-refractivity contribution in [1.29, 1.82) is 0 Å². The summed E-state index contributed by atoms with van der Waals surface area (Å²) in [5.74, 6) is 0.142. The Hall–Kier alpha value is -3.71. The average Bonchev–Trinajstić information content (AvgIpc) is 3.25. The molecule has 1 aliphatic rings. The zero-order valence-electron chi connectivity index (χ0n) is 20.4. The van der Waals surface area contributed by atoms with Gasteiger partial charge in [-0.3, -0.25) is 4.79 Å². The second-order valence-corrected chi connectivity index (χ2v) is 9.56. The van der Waals surface area contributed by atoms with Crippen LogP contribution in [0.15, 0.2) is 42.5 Å². The van der Waals surface area contributed by atoms with Crippen molar-refractivity contribution in [3.8, 4) is 5.75 Å². The Balaban J connectivity index is 1.79. The van der Waals surface area contributed by atoms with E-state index in [4.69, 9.17) is 9.72 Å². The molecule has 7 heteroatoms. The van der Waals surface area contributed by atoms with E-state index in [2.05, 4.69) is 0 Å². The normalized spacial score (nSPS) is 16.5. The number of rotatable bonds is 7. The zero-order chi connectivity index (χ0) is 25.3. The van der Waals surface area contributed by atoms with Gasteiger partial charge in [0.1, 0.15) is 11.6 Å². The number of β-amino-alcohol motifs (C(OH)–C–C–N with tert-alkyl or cyclic N) is 1. The molecule has 35 heavy (non-hydrogen) atoms. The molecule has 3 aromatic rings. The summed E-state index contributed by atoms with van der Waals surface area (Å²) in [7, 11) is 0. The summed E-state index contributed by atoms with van der Waals surface area (Å²) in [5, 5.41) is 20.4. The molecular weight excluding hydrogens is 444 g/mol. The van der Waals surface area contributed by atoms with Gasteiger partial charge in [0.05, 0.1) is 11.6 Å². The molecule has 2 aromatic carbocycles. The molecule has 2 N–H and O–H groups in total. The van der Waals surface area contributed by atoms with Crippen molar-refractivity contribution in [1.82, 2.24) is 4.98 Å². The van der Waals surface area contributed by atoms with Crippen LogP contribution in [0.2, 0.25) is 0 Å². The minimum Gasteiger partial charge on any atom is -0.478 e. The van der Waals surface area contributed by atoms with Gasteiger partial charge in [-0.1, -0.05) is 18.2 Å². The van der Waals surface area contributed by atoms with Crippen molar-refractivity contribution in [2.45, 2.75) is 45.8 Å². The number of hydrogen-bond donors (Lipinski definition) is 2. The molecule has 0 aliphatic carbocycles. The van der Waals surface area contributed by atoms with Gasteiger partial charge in [-0.25, -0.2) is 9.78 Å². The number of anilines is 1. The number of para-hydroxylation sites is 1. The Kier molecular flexibility index (Phi) is 6.63. The fourth-order valence-corrected chi connectivity index (χ4v) is 4.38. The molecule has 1 unspecified atom stereocenters. The van der Waals surface area contributed by atoms with Gasteiger partial charge in [0.2, 0.25) is 0 Å². The van der Waals surface area contributed by atoms with Gasteiger partial charge in [0, 0.05) is 29.6 Å². The molecule has 1 atom stereocenters. The number of carbonyl (C=O) groups excluding carboxylic acids is 1. The third-order valence-corrected chi connectivity index (χ3v) is 6.28. The van der Waals surface area contributed by atoms with Crippen molar-refractivity contribution in [2.75, 3.05) is 18.0 Å². The first-order valence-corrected chi connectivity index (χ1v) is 11.6. The van der Waals surface area contributed by atoms with E-state index < -0.39 is 17.7 Å². The Labute approximate surface area is 204 Å². The Morgan fingerprint density at radius 2 is 1.86 bits per heavy atom. The number of aliphatic hydroxyl groups is 1. The van der Waals surface area contributed by atoms with Crippen molar-refractivity contribution >= 4 is 40.6 Å². The average molecular weight is 475 g/mol. The monoisotopic (exact) mass is 474 g/mol. The van der Waals surface area contributed by atoms with Crippen molar-refractivity contribution < 1.29 is 24.5 Å². The summed E-state index contributed by atoms with van der Waals surface area (Å²) >= 11 is 0. The van der Waals surface area contributed by atoms with Gasteiger partial charge >= 0.3 is 5.97 Å². The van der Waals surface area contributed by atoms with E-state index >= 15 is 0 Å². The minimum atomic E-state index is -1.37. The lowest BCUT2D eigenvalue weighted by molar-refractivity contribution is -0.152. The van der Waals surface area contributed by atoms with Crippen LogP contribution >= 0.6 is 0 Å². The highest BCUT2D eigenvalue weighted by molar-refractivity contribution is 6.16. The van der Waals surface area contributed by atoms with Crippen LogP contribution in [0.3, 0.4) is 0 Å². The van der Waals surface area contributed by atoms with E-state index in [1.54, 1.807) is 6.08 Å². The molecule has 2 heterocycles. The number of fused-ring (bicyclic) bond motifs is 1. The van der Waals surface area contributed by atoms with Crippen LogP contribution in [-0.2, 0) is 9.59 Å². The van der Waals surface area contributed by atoms with Gasteiger partial charge in [0.15, 0.2) is 11.9 Å². The smallest absolute Gasteiger partial charge is 0.347 e. The molecule has 4 rings (SSSR count). The molecule has 1 saturated heterocycles. The van der Waals surface area contributed by atoms with Crippen molar-refractivity contribution in [3.63, 3.8) is 0 Å². The molecule has 7 nitrogen and oxygen atoms in total. The summed E-state index contributed by atoms with van der Waals surface area (Å²) in [4.78, 5) is 30.7. The zero-order valence-corrected chi connectivity index (χ0v) is 20.4. The van der Waals surface area contributed by atoms with Crippen LogP contribution in [0, 0.1) is 13.8 Å². The lowest BCUT2D eigenvalue weighted by Crippen LogP contribution is -2.38. The Bertz CT molecular complexity index is 1310. The van der Waals surface area contributed by atoms with Crippen LogP contribution in [0.1, 0.15) is 42.5 Å². The van der Waals surface area contributed by atoms with Crippen molar-refractivity contribution in [3.05, 3.63) is 64.7 Å². The predicted octanol–water partition coefficient (Wildman–Crippen LogP) is 4.40. The number of ether oxygens (including phenoxy) is 1. The number of aliphatic hydroxyl groups excluding tert-OH is 1. The van der Waals surface area contributed by atoms with E-state index in [-0.39, 0.29) is 0 Å². The summed E-state index contributed by atoms with van der Waals surface area (Å²) in [6.45, 7) is 7.86. The van der Waals surface area contributed by atoms with Crippen LogP contribution in [0.4, 0.5) is 5.82 Å². The molecule has 0 bridgehead atoms. The molecule has 0 spiro atoms. The van der Waals surface area contributed by atoms with Crippen LogP contribution < -0.4 is 9.64 Å². The highest BCUT2D eigenvalue weighted by atomic mass is 16.5. The largest absolute Gasteiger partial charge is 0.478 e. The first kappa shape index (κ1) is 24.4. The van der Waals surface area contributed by atoms with Gasteiger partial charge in [-0.15, -0.1) is 0 Å². The molecule has 1 aliphatic heterocycles. The van der Waals surface area contributed by atoms with Crippen molar-refractivity contribution in [2.24, 2.45) is 0 Å². The Morgan fingerprint density at radius 3 is 2.46 bits per heavy atom.